The average molecular weight is 296 g/mol. The number of hydrogen-bond donors (Lipinski definition) is 0. The molecule has 0 aliphatic carbocycles. The summed E-state index contributed by atoms with van der Waals surface area (Å²) < 4.78 is 5.38. The Morgan fingerprint density at radius 3 is 2.86 bits per heavy atom. The Hall–Kier alpha value is -2.36. The first-order valence-electron chi connectivity index (χ1n) is 7.72. The molecule has 1 amide bonds. The summed E-state index contributed by atoms with van der Waals surface area (Å²) in [6.45, 7) is 1.53. The van der Waals surface area contributed by atoms with Gasteiger partial charge in [0.05, 0.1) is 6.20 Å². The number of hydrogen-bond acceptors (Lipinski definition) is 3. The van der Waals surface area contributed by atoms with Crippen molar-refractivity contribution in [3.63, 3.8) is 0 Å². The minimum Gasteiger partial charge on any atom is -0.409 e. The molecule has 1 fully saturated rings. The van der Waals surface area contributed by atoms with Crippen LogP contribution < -0.4 is 4.74 Å². The van der Waals surface area contributed by atoms with Gasteiger partial charge in [-0.3, -0.25) is 4.98 Å². The lowest BCUT2D eigenvalue weighted by atomic mass is 9.91. The Kier molecular flexibility index (Phi) is 4.68. The van der Waals surface area contributed by atoms with Gasteiger partial charge in [-0.25, -0.2) is 4.79 Å². The maximum absolute atomic E-state index is 12.2. The van der Waals surface area contributed by atoms with Crippen LogP contribution in [0.4, 0.5) is 4.79 Å². The molecule has 1 aromatic carbocycles. The fourth-order valence-electron chi connectivity index (χ4n) is 2.92. The van der Waals surface area contributed by atoms with Crippen LogP contribution in [0.2, 0.25) is 0 Å². The Morgan fingerprint density at radius 2 is 2.09 bits per heavy atom. The lowest BCUT2D eigenvalue weighted by Gasteiger charge is -2.32. The van der Waals surface area contributed by atoms with E-state index in [0.29, 0.717) is 11.7 Å². The van der Waals surface area contributed by atoms with Crippen molar-refractivity contribution in [2.45, 2.75) is 19.3 Å². The molecule has 2 heterocycles. The highest BCUT2D eigenvalue weighted by atomic mass is 16.6. The second-order valence-electron chi connectivity index (χ2n) is 5.70. The van der Waals surface area contributed by atoms with Gasteiger partial charge in [0.2, 0.25) is 0 Å². The summed E-state index contributed by atoms with van der Waals surface area (Å²) in [7, 11) is 0. The molecule has 114 valence electrons. The number of rotatable bonds is 3. The number of carbonyl (C=O) groups is 1. The molecule has 22 heavy (non-hydrogen) atoms. The number of piperidine rings is 1. The van der Waals surface area contributed by atoms with Crippen molar-refractivity contribution >= 4 is 6.09 Å². The zero-order valence-corrected chi connectivity index (χ0v) is 12.5. The van der Waals surface area contributed by atoms with Gasteiger partial charge in [-0.15, -0.1) is 0 Å². The van der Waals surface area contributed by atoms with Crippen molar-refractivity contribution in [1.29, 1.82) is 0 Å². The van der Waals surface area contributed by atoms with E-state index < -0.39 is 0 Å². The molecular weight excluding hydrogens is 276 g/mol. The first kappa shape index (κ1) is 14.6. The first-order valence-corrected chi connectivity index (χ1v) is 7.72. The van der Waals surface area contributed by atoms with Crippen LogP contribution >= 0.6 is 0 Å². The van der Waals surface area contributed by atoms with Crippen LogP contribution in [0, 0.1) is 5.92 Å². The van der Waals surface area contributed by atoms with Crippen molar-refractivity contribution in [1.82, 2.24) is 9.88 Å². The molecule has 1 unspecified atom stereocenters. The van der Waals surface area contributed by atoms with Crippen LogP contribution in [0.25, 0.3) is 0 Å². The van der Waals surface area contributed by atoms with Crippen molar-refractivity contribution in [3.05, 3.63) is 60.4 Å². The highest BCUT2D eigenvalue weighted by Crippen LogP contribution is 2.22. The maximum atomic E-state index is 12.2. The zero-order chi connectivity index (χ0) is 15.2. The summed E-state index contributed by atoms with van der Waals surface area (Å²) >= 11 is 0. The number of aromatic nitrogens is 1. The summed E-state index contributed by atoms with van der Waals surface area (Å²) in [6.07, 6.45) is 6.14. The molecule has 0 spiro atoms. The van der Waals surface area contributed by atoms with Gasteiger partial charge in [0.15, 0.2) is 5.75 Å². The quantitative estimate of drug-likeness (QED) is 0.870. The van der Waals surface area contributed by atoms with Gasteiger partial charge in [0.25, 0.3) is 0 Å². The normalized spacial score (nSPS) is 18.0. The van der Waals surface area contributed by atoms with Gasteiger partial charge in [0, 0.05) is 19.3 Å². The standard InChI is InChI=1S/C18H20N2O2/c21-18(22-17-9-4-10-19-13-17)20-11-5-8-16(14-20)12-15-6-2-1-3-7-15/h1-4,6-7,9-10,13,16H,5,8,11-12,14H2. The number of pyridine rings is 1. The van der Waals surface area contributed by atoms with E-state index in [-0.39, 0.29) is 6.09 Å². The molecule has 1 atom stereocenters. The van der Waals surface area contributed by atoms with E-state index in [9.17, 15) is 4.79 Å². The van der Waals surface area contributed by atoms with Crippen molar-refractivity contribution in [3.8, 4) is 5.75 Å². The maximum Gasteiger partial charge on any atom is 0.415 e. The van der Waals surface area contributed by atoms with Gasteiger partial charge in [-0.2, -0.15) is 0 Å². The second kappa shape index (κ2) is 7.07. The van der Waals surface area contributed by atoms with E-state index in [2.05, 4.69) is 29.2 Å². The van der Waals surface area contributed by atoms with Crippen LogP contribution in [-0.4, -0.2) is 29.1 Å². The number of carbonyl (C=O) groups excluding carboxylic acids is 1. The number of ether oxygens (including phenoxy) is 1. The smallest absolute Gasteiger partial charge is 0.409 e. The third kappa shape index (κ3) is 3.85. The van der Waals surface area contributed by atoms with Crippen LogP contribution in [0.15, 0.2) is 54.9 Å². The average Bonchev–Trinajstić information content (AvgIpc) is 2.57. The summed E-state index contributed by atoms with van der Waals surface area (Å²) in [5, 5.41) is 0. The molecule has 0 bridgehead atoms. The van der Waals surface area contributed by atoms with E-state index in [1.807, 2.05) is 11.0 Å². The van der Waals surface area contributed by atoms with E-state index >= 15 is 0 Å². The Morgan fingerprint density at radius 1 is 1.23 bits per heavy atom. The predicted octanol–water partition coefficient (Wildman–Crippen LogP) is 3.54. The molecule has 1 aliphatic rings. The Labute approximate surface area is 130 Å². The van der Waals surface area contributed by atoms with Crippen LogP contribution in [0.5, 0.6) is 5.75 Å². The monoisotopic (exact) mass is 296 g/mol. The van der Waals surface area contributed by atoms with Crippen molar-refractivity contribution in [2.75, 3.05) is 13.1 Å². The lowest BCUT2D eigenvalue weighted by Crippen LogP contribution is -2.42. The van der Waals surface area contributed by atoms with Crippen LogP contribution in [0.1, 0.15) is 18.4 Å². The van der Waals surface area contributed by atoms with Crippen molar-refractivity contribution < 1.29 is 9.53 Å². The summed E-state index contributed by atoms with van der Waals surface area (Å²) in [6, 6.07) is 14.0. The summed E-state index contributed by atoms with van der Waals surface area (Å²) in [4.78, 5) is 18.0. The molecule has 1 aromatic heterocycles. The molecule has 2 aromatic rings. The minimum atomic E-state index is -0.272. The molecular formula is C18H20N2O2. The second-order valence-corrected chi connectivity index (χ2v) is 5.70. The first-order chi connectivity index (χ1) is 10.8. The molecule has 4 nitrogen and oxygen atoms in total. The lowest BCUT2D eigenvalue weighted by molar-refractivity contribution is 0.126. The third-order valence-electron chi connectivity index (χ3n) is 3.98. The largest absolute Gasteiger partial charge is 0.415 e. The fourth-order valence-corrected chi connectivity index (χ4v) is 2.92. The predicted molar refractivity (Wildman–Crippen MR) is 84.7 cm³/mol. The number of amides is 1. The molecule has 1 aliphatic heterocycles. The SMILES string of the molecule is O=C(Oc1cccnc1)N1CCCC(Cc2ccccc2)C1. The van der Waals surface area contributed by atoms with E-state index in [1.165, 1.54) is 5.56 Å². The van der Waals surface area contributed by atoms with Gasteiger partial charge in [0.1, 0.15) is 0 Å². The number of benzene rings is 1. The highest BCUT2D eigenvalue weighted by molar-refractivity contribution is 5.70. The molecule has 1 saturated heterocycles. The topological polar surface area (TPSA) is 42.4 Å². The Bertz CT molecular complexity index is 601. The molecule has 0 N–H and O–H groups in total. The van der Waals surface area contributed by atoms with E-state index in [4.69, 9.17) is 4.74 Å². The van der Waals surface area contributed by atoms with E-state index in [1.54, 1.807) is 24.5 Å². The van der Waals surface area contributed by atoms with Crippen molar-refractivity contribution in [2.24, 2.45) is 5.92 Å². The third-order valence-corrected chi connectivity index (χ3v) is 3.98. The van der Waals surface area contributed by atoms with Gasteiger partial charge >= 0.3 is 6.09 Å². The zero-order valence-electron chi connectivity index (χ0n) is 12.5. The van der Waals surface area contributed by atoms with Gasteiger partial charge in [-0.05, 0) is 42.9 Å². The van der Waals surface area contributed by atoms with Crippen LogP contribution in [-0.2, 0) is 6.42 Å². The number of likely N-dealkylation sites (tertiary alicyclic amines) is 1. The van der Waals surface area contributed by atoms with Crippen LogP contribution in [0.3, 0.4) is 0 Å². The number of nitrogens with zero attached hydrogens (tertiary/aromatic N) is 2. The van der Waals surface area contributed by atoms with Gasteiger partial charge in [-0.1, -0.05) is 30.3 Å². The van der Waals surface area contributed by atoms with E-state index in [0.717, 1.165) is 32.4 Å². The molecule has 4 heteroatoms. The molecule has 3 rings (SSSR count). The highest BCUT2D eigenvalue weighted by Gasteiger charge is 2.25. The van der Waals surface area contributed by atoms with Gasteiger partial charge < -0.3 is 9.64 Å². The fraction of sp³-hybridized carbons (Fsp3) is 0.333. The summed E-state index contributed by atoms with van der Waals surface area (Å²) in [5.74, 6) is 0.996. The minimum absolute atomic E-state index is 0.272. The summed E-state index contributed by atoms with van der Waals surface area (Å²) in [5.41, 5.74) is 1.33. The Balaban J connectivity index is 1.57. The molecule has 0 radical (unpaired) electrons. The molecule has 0 saturated carbocycles.